The Hall–Kier alpha value is -0.570. The second-order valence-electron chi connectivity index (χ2n) is 6.30. The molecule has 0 aliphatic rings. The van der Waals surface area contributed by atoms with Gasteiger partial charge in [0, 0.05) is 12.8 Å². The van der Waals surface area contributed by atoms with Crippen molar-refractivity contribution in [3.05, 3.63) is 0 Å². The molecule has 0 fully saturated rings. The number of rotatable bonds is 13. The van der Waals surface area contributed by atoms with Gasteiger partial charge in [0.25, 0.3) is 0 Å². The van der Waals surface area contributed by atoms with Crippen LogP contribution in [0.3, 0.4) is 0 Å². The topological polar surface area (TPSA) is 26.3 Å². The van der Waals surface area contributed by atoms with E-state index >= 15 is 0 Å². The molecule has 0 aromatic rings. The molecule has 0 bridgehead atoms. The minimum atomic E-state index is -0.109. The Balaban J connectivity index is 3.36. The predicted octanol–water partition coefficient (Wildman–Crippen LogP) is 4.85. The lowest BCUT2D eigenvalue weighted by molar-refractivity contribution is -1.06. The molecule has 0 amide bonds. The van der Waals surface area contributed by atoms with Crippen molar-refractivity contribution >= 4 is 5.97 Å². The molecule has 3 nitrogen and oxygen atoms in total. The average Bonchev–Trinajstić information content (AvgIpc) is 2.40. The van der Waals surface area contributed by atoms with Gasteiger partial charge in [0.05, 0.1) is 0 Å². The summed E-state index contributed by atoms with van der Waals surface area (Å²) in [5.74, 6) is -0.109. The fourth-order valence-electron chi connectivity index (χ4n) is 2.37. The molecule has 0 aliphatic heterocycles. The number of quaternary nitrogens is 1. The number of unbranched alkanes of at least 4 members (excludes halogenated alkanes) is 9. The van der Waals surface area contributed by atoms with Gasteiger partial charge in [0.1, 0.15) is 20.6 Å². The Labute approximate surface area is 126 Å². The molecule has 0 rings (SSSR count). The van der Waals surface area contributed by atoms with Crippen molar-refractivity contribution < 1.29 is 14.3 Å². The maximum Gasteiger partial charge on any atom is 0.366 e. The Morgan fingerprint density at radius 1 is 0.800 bits per heavy atom. The maximum atomic E-state index is 11.3. The van der Waals surface area contributed by atoms with E-state index in [0.29, 0.717) is 11.1 Å². The summed E-state index contributed by atoms with van der Waals surface area (Å²) in [4.78, 5) is 16.6. The molecule has 0 radical (unpaired) electrons. The fourth-order valence-corrected chi connectivity index (χ4v) is 2.37. The van der Waals surface area contributed by atoms with Crippen LogP contribution in [-0.2, 0) is 9.63 Å². The van der Waals surface area contributed by atoms with E-state index in [-0.39, 0.29) is 5.97 Å². The molecule has 20 heavy (non-hydrogen) atoms. The van der Waals surface area contributed by atoms with Crippen LogP contribution in [0.15, 0.2) is 0 Å². The summed E-state index contributed by atoms with van der Waals surface area (Å²) in [5.41, 5.74) is 0. The number of hydroxylamine groups is 3. The molecule has 0 N–H and O–H groups in total. The van der Waals surface area contributed by atoms with E-state index in [1.165, 1.54) is 57.8 Å². The molecule has 0 aromatic heterocycles. The smallest absolute Gasteiger partial charge is 0.277 e. The second-order valence-corrected chi connectivity index (χ2v) is 6.30. The van der Waals surface area contributed by atoms with Gasteiger partial charge in [-0.3, -0.25) is 4.84 Å². The Morgan fingerprint density at radius 3 is 1.70 bits per heavy atom. The highest BCUT2D eigenvalue weighted by Gasteiger charge is 2.20. The van der Waals surface area contributed by atoms with Gasteiger partial charge in [-0.05, 0) is 6.42 Å². The van der Waals surface area contributed by atoms with E-state index in [9.17, 15) is 4.79 Å². The van der Waals surface area contributed by atoms with Crippen LogP contribution in [0.25, 0.3) is 0 Å². The molecular weight excluding hydrogens is 250 g/mol. The van der Waals surface area contributed by atoms with E-state index in [2.05, 4.69) is 6.92 Å². The van der Waals surface area contributed by atoms with Gasteiger partial charge in [-0.25, -0.2) is 4.79 Å². The number of carbonyl (C=O) groups excluding carboxylic acids is 1. The summed E-state index contributed by atoms with van der Waals surface area (Å²) in [6, 6.07) is 0. The third kappa shape index (κ3) is 12.5. The zero-order valence-electron chi connectivity index (χ0n) is 14.2. The summed E-state index contributed by atoms with van der Waals surface area (Å²) < 4.78 is 0.365. The Kier molecular flexibility index (Phi) is 11.8. The summed E-state index contributed by atoms with van der Waals surface area (Å²) in [6.07, 6.45) is 13.8. The van der Waals surface area contributed by atoms with Gasteiger partial charge in [-0.1, -0.05) is 65.2 Å². The van der Waals surface area contributed by atoms with Gasteiger partial charge in [-0.15, -0.1) is 4.65 Å². The first-order valence-electron chi connectivity index (χ1n) is 8.57. The Bertz CT molecular complexity index is 239. The van der Waals surface area contributed by atoms with Crippen molar-refractivity contribution in [2.45, 2.75) is 84.5 Å². The highest BCUT2D eigenvalue weighted by atomic mass is 16.7. The zero-order chi connectivity index (χ0) is 15.3. The minimum Gasteiger partial charge on any atom is -0.277 e. The van der Waals surface area contributed by atoms with Crippen molar-refractivity contribution in [3.63, 3.8) is 0 Å². The van der Waals surface area contributed by atoms with Crippen LogP contribution >= 0.6 is 0 Å². The molecule has 0 spiro atoms. The molecular formula is C17H36NO2+. The predicted molar refractivity (Wildman–Crippen MR) is 85.2 cm³/mol. The van der Waals surface area contributed by atoms with E-state index < -0.39 is 0 Å². The maximum absolute atomic E-state index is 11.3. The number of nitrogens with zero attached hydrogens (tertiary/aromatic N) is 1. The molecule has 0 aromatic carbocycles. The van der Waals surface area contributed by atoms with Gasteiger partial charge >= 0.3 is 5.97 Å². The summed E-state index contributed by atoms with van der Waals surface area (Å²) in [7, 11) is 3.92. The quantitative estimate of drug-likeness (QED) is 0.275. The first-order valence-corrected chi connectivity index (χ1v) is 8.57. The van der Waals surface area contributed by atoms with Gasteiger partial charge in [0.15, 0.2) is 0 Å². The Morgan fingerprint density at radius 2 is 1.25 bits per heavy atom. The standard InChI is InChI=1S/C17H36NO2/c1-5-7-8-9-10-11-12-13-14-15-16-18(3,4)20-17(19)6-2/h5-16H2,1-4H3/q+1. The molecule has 3 heteroatoms. The van der Waals surface area contributed by atoms with Gasteiger partial charge in [0.2, 0.25) is 0 Å². The number of hydrogen-bond acceptors (Lipinski definition) is 2. The molecule has 0 heterocycles. The minimum absolute atomic E-state index is 0.109. The van der Waals surface area contributed by atoms with E-state index in [1.807, 2.05) is 21.0 Å². The normalized spacial score (nSPS) is 11.6. The third-order valence-electron chi connectivity index (χ3n) is 3.69. The largest absolute Gasteiger partial charge is 0.366 e. The summed E-state index contributed by atoms with van der Waals surface area (Å²) in [6.45, 7) is 5.02. The molecule has 0 unspecified atom stereocenters. The number of carbonyl (C=O) groups is 1. The van der Waals surface area contributed by atoms with E-state index in [0.717, 1.165) is 13.0 Å². The third-order valence-corrected chi connectivity index (χ3v) is 3.69. The van der Waals surface area contributed by atoms with Crippen LogP contribution in [0.4, 0.5) is 0 Å². The first-order chi connectivity index (χ1) is 9.52. The van der Waals surface area contributed by atoms with Crippen LogP contribution in [0.1, 0.15) is 84.5 Å². The van der Waals surface area contributed by atoms with E-state index in [4.69, 9.17) is 4.84 Å². The van der Waals surface area contributed by atoms with Gasteiger partial charge in [-0.2, -0.15) is 0 Å². The van der Waals surface area contributed by atoms with Crippen LogP contribution in [-0.4, -0.2) is 31.3 Å². The first kappa shape index (κ1) is 19.4. The average molecular weight is 286 g/mol. The van der Waals surface area contributed by atoms with Crippen LogP contribution in [0.5, 0.6) is 0 Å². The molecule has 0 saturated heterocycles. The molecule has 0 atom stereocenters. The van der Waals surface area contributed by atoms with Crippen molar-refractivity contribution in [1.82, 2.24) is 0 Å². The SMILES string of the molecule is CCCCCCCCCCCC[N+](C)(C)OC(=O)CC. The monoisotopic (exact) mass is 286 g/mol. The molecule has 120 valence electrons. The fraction of sp³-hybridized carbons (Fsp3) is 0.941. The highest BCUT2D eigenvalue weighted by Crippen LogP contribution is 2.12. The zero-order valence-corrected chi connectivity index (χ0v) is 14.2. The van der Waals surface area contributed by atoms with Gasteiger partial charge < -0.3 is 0 Å². The lowest BCUT2D eigenvalue weighted by Gasteiger charge is -2.25. The van der Waals surface area contributed by atoms with Crippen molar-refractivity contribution in [1.29, 1.82) is 0 Å². The molecule has 0 aliphatic carbocycles. The van der Waals surface area contributed by atoms with Crippen molar-refractivity contribution in [3.8, 4) is 0 Å². The summed E-state index contributed by atoms with van der Waals surface area (Å²) >= 11 is 0. The van der Waals surface area contributed by atoms with Crippen LogP contribution in [0, 0.1) is 0 Å². The number of hydrogen-bond donors (Lipinski definition) is 0. The second kappa shape index (κ2) is 12.2. The highest BCUT2D eigenvalue weighted by molar-refractivity contribution is 5.68. The van der Waals surface area contributed by atoms with E-state index in [1.54, 1.807) is 0 Å². The lowest BCUT2D eigenvalue weighted by atomic mass is 10.1. The van der Waals surface area contributed by atoms with Crippen LogP contribution < -0.4 is 0 Å². The lowest BCUT2D eigenvalue weighted by Crippen LogP contribution is -2.42. The van der Waals surface area contributed by atoms with Crippen LogP contribution in [0.2, 0.25) is 0 Å². The molecule has 0 saturated carbocycles. The van der Waals surface area contributed by atoms with Crippen molar-refractivity contribution in [2.75, 3.05) is 20.6 Å². The van der Waals surface area contributed by atoms with Crippen molar-refractivity contribution in [2.24, 2.45) is 0 Å². The summed E-state index contributed by atoms with van der Waals surface area (Å²) in [5, 5.41) is 0.